The number of para-hydroxylation sites is 2. The average molecular weight is 581 g/mol. The van der Waals surface area contributed by atoms with Gasteiger partial charge in [0.15, 0.2) is 18.2 Å². The molecule has 7 heteroatoms. The Morgan fingerprint density at radius 1 is 0.714 bits per heavy atom. The summed E-state index contributed by atoms with van der Waals surface area (Å²) in [6, 6.07) is 23.3. The van der Waals surface area contributed by atoms with Crippen LogP contribution in [0.2, 0.25) is 0 Å². The van der Waals surface area contributed by atoms with Crippen molar-refractivity contribution in [3.63, 3.8) is 0 Å². The topological polar surface area (TPSA) is 66.9 Å². The predicted molar refractivity (Wildman–Crippen MR) is 169 cm³/mol. The summed E-state index contributed by atoms with van der Waals surface area (Å²) in [6.45, 7) is 8.03. The Balaban J connectivity index is 1.23. The minimum Gasteiger partial charge on any atom is -0.454 e. The van der Waals surface area contributed by atoms with E-state index in [9.17, 15) is 14.4 Å². The number of thioether (sulfide) groups is 1. The lowest BCUT2D eigenvalue weighted by Crippen LogP contribution is -2.25. The quantitative estimate of drug-likeness (QED) is 0.167. The highest BCUT2D eigenvalue weighted by atomic mass is 32.2. The number of carbonyl (C=O) groups is 3. The van der Waals surface area contributed by atoms with Gasteiger partial charge in [0, 0.05) is 64.7 Å². The van der Waals surface area contributed by atoms with E-state index in [-0.39, 0.29) is 34.8 Å². The summed E-state index contributed by atoms with van der Waals surface area (Å²) in [5, 5.41) is 0. The van der Waals surface area contributed by atoms with Crippen LogP contribution in [0.1, 0.15) is 49.2 Å². The van der Waals surface area contributed by atoms with E-state index in [4.69, 9.17) is 4.74 Å². The number of esters is 1. The van der Waals surface area contributed by atoms with E-state index in [0.717, 1.165) is 28.3 Å². The highest BCUT2D eigenvalue weighted by Gasteiger charge is 2.39. The molecule has 216 valence electrons. The molecule has 0 N–H and O–H groups in total. The molecule has 2 heterocycles. The third-order valence-corrected chi connectivity index (χ3v) is 9.39. The van der Waals surface area contributed by atoms with Crippen LogP contribution in [0, 0.1) is 0 Å². The third kappa shape index (κ3) is 5.29. The molecule has 5 rings (SSSR count). The number of anilines is 2. The molecule has 0 atom stereocenters. The molecule has 0 saturated heterocycles. The Labute approximate surface area is 252 Å². The van der Waals surface area contributed by atoms with Crippen molar-refractivity contribution in [1.29, 1.82) is 0 Å². The van der Waals surface area contributed by atoms with E-state index in [1.54, 1.807) is 30.4 Å². The Kier molecular flexibility index (Phi) is 7.90. The van der Waals surface area contributed by atoms with E-state index in [1.165, 1.54) is 17.3 Å². The normalized spacial score (nSPS) is 18.2. The molecule has 0 saturated carbocycles. The van der Waals surface area contributed by atoms with Crippen LogP contribution in [0.3, 0.4) is 0 Å². The number of likely N-dealkylation sites (N-methyl/N-ethyl adjacent to an activating group) is 2. The van der Waals surface area contributed by atoms with Gasteiger partial charge in [0.2, 0.25) is 0 Å². The Morgan fingerprint density at radius 3 is 1.74 bits per heavy atom. The number of hydrogen-bond acceptors (Lipinski definition) is 7. The van der Waals surface area contributed by atoms with E-state index < -0.39 is 5.97 Å². The van der Waals surface area contributed by atoms with Crippen LogP contribution in [0.15, 0.2) is 101 Å². The number of ketones is 2. The van der Waals surface area contributed by atoms with Crippen molar-refractivity contribution >= 4 is 40.7 Å². The second-order valence-electron chi connectivity index (χ2n) is 11.8. The van der Waals surface area contributed by atoms with Gasteiger partial charge in [-0.3, -0.25) is 9.59 Å². The molecule has 2 aliphatic rings. The van der Waals surface area contributed by atoms with Crippen LogP contribution in [0.25, 0.3) is 0 Å². The molecule has 3 aromatic rings. The molecular formula is C35H36N2O4S. The summed E-state index contributed by atoms with van der Waals surface area (Å²) in [7, 11) is 3.92. The monoisotopic (exact) mass is 580 g/mol. The number of nitrogens with zero attached hydrogens (tertiary/aromatic N) is 2. The van der Waals surface area contributed by atoms with Crippen LogP contribution in [-0.4, -0.2) is 44.0 Å². The minimum absolute atomic E-state index is 0.0444. The number of hydrogen-bond donors (Lipinski definition) is 0. The highest BCUT2D eigenvalue weighted by Crippen LogP contribution is 2.47. The second kappa shape index (κ2) is 11.3. The Bertz CT molecular complexity index is 1640. The van der Waals surface area contributed by atoms with E-state index >= 15 is 0 Å². The first kappa shape index (κ1) is 29.4. The lowest BCUT2D eigenvalue weighted by molar-refractivity contribution is -0.117. The van der Waals surface area contributed by atoms with E-state index in [0.29, 0.717) is 10.5 Å². The van der Waals surface area contributed by atoms with Gasteiger partial charge < -0.3 is 14.5 Å². The zero-order valence-electron chi connectivity index (χ0n) is 24.9. The smallest absolute Gasteiger partial charge is 0.339 e. The number of fused-ring (bicyclic) bond motifs is 2. The molecular weight excluding hydrogens is 544 g/mol. The standard InChI is InChI=1S/C35H36N2O4S/c1-34(2)26-14-8-10-16-28(26)36(5)31(34)19-23(38)21-41-33(40)25-13-7-12-18-30(25)42-22-24(39)20-32-35(3,4)27-15-9-11-17-29(27)37(32)6/h7-20H,21-22H2,1-6H3/b31-19-,32-20+. The van der Waals surface area contributed by atoms with Crippen molar-refractivity contribution in [2.75, 3.05) is 36.3 Å². The van der Waals surface area contributed by atoms with E-state index in [1.807, 2.05) is 55.4 Å². The Hall–Kier alpha value is -4.10. The fraction of sp³-hybridized carbons (Fsp3) is 0.286. The van der Waals surface area contributed by atoms with Crippen molar-refractivity contribution in [1.82, 2.24) is 0 Å². The number of rotatable bonds is 8. The zero-order chi connectivity index (χ0) is 30.2. The third-order valence-electron chi connectivity index (χ3n) is 8.30. The van der Waals surface area contributed by atoms with Crippen molar-refractivity contribution in [2.45, 2.75) is 43.4 Å². The van der Waals surface area contributed by atoms with Gasteiger partial charge in [0.05, 0.1) is 11.3 Å². The van der Waals surface area contributed by atoms with Crippen molar-refractivity contribution < 1.29 is 19.1 Å². The minimum atomic E-state index is -0.593. The number of allylic oxidation sites excluding steroid dienone is 3. The zero-order valence-corrected chi connectivity index (χ0v) is 25.7. The molecule has 42 heavy (non-hydrogen) atoms. The summed E-state index contributed by atoms with van der Waals surface area (Å²) < 4.78 is 5.44. The highest BCUT2D eigenvalue weighted by molar-refractivity contribution is 8.00. The number of benzene rings is 3. The van der Waals surface area contributed by atoms with Crippen LogP contribution in [-0.2, 0) is 25.2 Å². The van der Waals surface area contributed by atoms with Crippen LogP contribution in [0.4, 0.5) is 11.4 Å². The average Bonchev–Trinajstić information content (AvgIpc) is 3.29. The molecule has 0 unspecified atom stereocenters. The van der Waals surface area contributed by atoms with Gasteiger partial charge in [-0.1, -0.05) is 76.2 Å². The largest absolute Gasteiger partial charge is 0.454 e. The SMILES string of the molecule is CN1/C(=C\C(=O)COC(=O)c2ccccc2SCC(=O)/C=C2/N(C)c3ccccc3C2(C)C)C(C)(C)c2ccccc21. The van der Waals surface area contributed by atoms with Gasteiger partial charge in [-0.25, -0.2) is 4.79 Å². The van der Waals surface area contributed by atoms with Gasteiger partial charge in [-0.2, -0.15) is 0 Å². The molecule has 0 fully saturated rings. The van der Waals surface area contributed by atoms with Gasteiger partial charge in [0.1, 0.15) is 0 Å². The molecule has 0 aromatic heterocycles. The second-order valence-corrected chi connectivity index (χ2v) is 12.8. The molecule has 0 bridgehead atoms. The summed E-state index contributed by atoms with van der Waals surface area (Å²) in [4.78, 5) is 43.7. The first-order valence-corrected chi connectivity index (χ1v) is 15.0. The predicted octanol–water partition coefficient (Wildman–Crippen LogP) is 6.70. The van der Waals surface area contributed by atoms with Gasteiger partial charge in [0.25, 0.3) is 0 Å². The molecule has 3 aromatic carbocycles. The summed E-state index contributed by atoms with van der Waals surface area (Å²) in [5.74, 6) is -0.759. The molecule has 2 aliphatic heterocycles. The van der Waals surface area contributed by atoms with Gasteiger partial charge >= 0.3 is 5.97 Å². The Morgan fingerprint density at radius 2 is 1.19 bits per heavy atom. The summed E-state index contributed by atoms with van der Waals surface area (Å²) in [6.07, 6.45) is 3.28. The molecule has 0 aliphatic carbocycles. The number of ether oxygens (including phenoxy) is 1. The summed E-state index contributed by atoms with van der Waals surface area (Å²) >= 11 is 1.29. The maximum absolute atomic E-state index is 13.1. The maximum Gasteiger partial charge on any atom is 0.339 e. The van der Waals surface area contributed by atoms with E-state index in [2.05, 4.69) is 50.8 Å². The molecule has 0 radical (unpaired) electrons. The lowest BCUT2D eigenvalue weighted by Gasteiger charge is -2.24. The van der Waals surface area contributed by atoms with Gasteiger partial charge in [-0.15, -0.1) is 11.8 Å². The van der Waals surface area contributed by atoms with Crippen LogP contribution < -0.4 is 9.80 Å². The summed E-state index contributed by atoms with van der Waals surface area (Å²) in [5.41, 5.74) is 5.98. The van der Waals surface area contributed by atoms with Crippen molar-refractivity contribution in [2.24, 2.45) is 0 Å². The van der Waals surface area contributed by atoms with Crippen molar-refractivity contribution in [3.8, 4) is 0 Å². The molecule has 6 nitrogen and oxygen atoms in total. The van der Waals surface area contributed by atoms with Gasteiger partial charge in [-0.05, 0) is 35.4 Å². The fourth-order valence-electron chi connectivity index (χ4n) is 6.03. The fourth-order valence-corrected chi connectivity index (χ4v) is 6.89. The molecule has 0 spiro atoms. The maximum atomic E-state index is 13.1. The first-order valence-electron chi connectivity index (χ1n) is 14.0. The van der Waals surface area contributed by atoms with Crippen LogP contribution in [0.5, 0.6) is 0 Å². The molecule has 0 amide bonds. The first-order chi connectivity index (χ1) is 19.9. The lowest BCUT2D eigenvalue weighted by atomic mass is 9.83. The van der Waals surface area contributed by atoms with Crippen LogP contribution >= 0.6 is 11.8 Å². The number of carbonyl (C=O) groups excluding carboxylic acids is 3. The van der Waals surface area contributed by atoms with Crippen molar-refractivity contribution in [3.05, 3.63) is 113 Å².